The average Bonchev–Trinajstić information content (AvgIpc) is 2.97. The summed E-state index contributed by atoms with van der Waals surface area (Å²) in [7, 11) is 0. The van der Waals surface area contributed by atoms with Gasteiger partial charge in [-0.05, 0) is 25.0 Å². The lowest BCUT2D eigenvalue weighted by Crippen LogP contribution is -2.35. The van der Waals surface area contributed by atoms with Crippen LogP contribution in [0.2, 0.25) is 0 Å². The van der Waals surface area contributed by atoms with E-state index in [1.54, 1.807) is 0 Å². The molecule has 0 saturated heterocycles. The zero-order valence-corrected chi connectivity index (χ0v) is 29.4. The zero-order chi connectivity index (χ0) is 30.1. The lowest BCUT2D eigenvalue weighted by Gasteiger charge is -2.29. The standard InChI is InChI=1S/C38H76O2S/c1-4-7-10-13-16-19-22-25-28-31-34-38(37(39)40,35-32-29-26-23-20-17-14-11-8-5-2)41-36-33-30-27-24-21-18-15-12-9-6-3/h4-36H2,1-3H3,(H,39,40). The number of hydrogen-bond donors (Lipinski definition) is 1. The van der Waals surface area contributed by atoms with E-state index in [9.17, 15) is 9.90 Å². The Morgan fingerprint density at radius 3 is 0.927 bits per heavy atom. The van der Waals surface area contributed by atoms with E-state index < -0.39 is 10.7 Å². The van der Waals surface area contributed by atoms with Crippen LogP contribution < -0.4 is 0 Å². The molecule has 41 heavy (non-hydrogen) atoms. The van der Waals surface area contributed by atoms with Gasteiger partial charge < -0.3 is 5.11 Å². The molecule has 0 radical (unpaired) electrons. The Kier molecular flexibility index (Phi) is 32.6. The Balaban J connectivity index is 4.39. The van der Waals surface area contributed by atoms with Crippen LogP contribution in [-0.4, -0.2) is 21.6 Å². The summed E-state index contributed by atoms with van der Waals surface area (Å²) in [6.07, 6.45) is 41.5. The van der Waals surface area contributed by atoms with Crippen LogP contribution in [0.15, 0.2) is 0 Å². The molecule has 0 aromatic carbocycles. The van der Waals surface area contributed by atoms with E-state index in [0.717, 1.165) is 31.4 Å². The molecule has 1 N–H and O–H groups in total. The SMILES string of the molecule is CCCCCCCCCCCCSC(CCCCCCCCCCCC)(CCCCCCCCCCCC)C(=O)O. The van der Waals surface area contributed by atoms with Crippen molar-refractivity contribution in [3.63, 3.8) is 0 Å². The van der Waals surface area contributed by atoms with Crippen LogP contribution in [-0.2, 0) is 4.79 Å². The first-order valence-corrected chi connectivity index (χ1v) is 20.0. The second kappa shape index (κ2) is 32.7. The van der Waals surface area contributed by atoms with Crippen molar-refractivity contribution < 1.29 is 9.90 Å². The summed E-state index contributed by atoms with van der Waals surface area (Å²) in [6.45, 7) is 6.85. The van der Waals surface area contributed by atoms with Crippen LogP contribution in [0.1, 0.15) is 226 Å². The third-order valence-electron chi connectivity index (χ3n) is 9.13. The fourth-order valence-corrected chi connectivity index (χ4v) is 7.64. The largest absolute Gasteiger partial charge is 0.480 e. The minimum absolute atomic E-state index is 0.526. The quantitative estimate of drug-likeness (QED) is 0.0739. The highest BCUT2D eigenvalue weighted by Gasteiger charge is 2.37. The smallest absolute Gasteiger partial charge is 0.319 e. The Bertz CT molecular complexity index is 496. The number of carbonyl (C=O) groups is 1. The van der Waals surface area contributed by atoms with Gasteiger partial charge in [-0.15, -0.1) is 11.8 Å². The Morgan fingerprint density at radius 1 is 0.415 bits per heavy atom. The lowest BCUT2D eigenvalue weighted by atomic mass is 9.93. The molecule has 0 aromatic rings. The summed E-state index contributed by atoms with van der Waals surface area (Å²) >= 11 is 1.81. The summed E-state index contributed by atoms with van der Waals surface area (Å²) < 4.78 is -0.542. The van der Waals surface area contributed by atoms with E-state index in [-0.39, 0.29) is 0 Å². The number of carboxylic acid groups (broad SMARTS) is 1. The summed E-state index contributed by atoms with van der Waals surface area (Å²) in [5.74, 6) is 0.500. The van der Waals surface area contributed by atoms with Crippen LogP contribution in [0.5, 0.6) is 0 Å². The van der Waals surface area contributed by atoms with Gasteiger partial charge in [-0.1, -0.05) is 207 Å². The fraction of sp³-hybridized carbons (Fsp3) is 0.974. The van der Waals surface area contributed by atoms with E-state index in [2.05, 4.69) is 20.8 Å². The molecule has 2 nitrogen and oxygen atoms in total. The van der Waals surface area contributed by atoms with Gasteiger partial charge in [-0.25, -0.2) is 0 Å². The molecule has 0 rings (SSSR count). The molecule has 0 heterocycles. The van der Waals surface area contributed by atoms with Crippen LogP contribution in [0.3, 0.4) is 0 Å². The van der Waals surface area contributed by atoms with Gasteiger partial charge in [0, 0.05) is 0 Å². The Morgan fingerprint density at radius 2 is 0.659 bits per heavy atom. The summed E-state index contributed by atoms with van der Waals surface area (Å²) in [5.41, 5.74) is 0. The number of hydrogen-bond acceptors (Lipinski definition) is 2. The van der Waals surface area contributed by atoms with Crippen molar-refractivity contribution in [2.75, 3.05) is 5.75 Å². The summed E-state index contributed by atoms with van der Waals surface area (Å²) in [6, 6.07) is 0. The molecule has 0 aliphatic carbocycles. The monoisotopic (exact) mass is 597 g/mol. The van der Waals surface area contributed by atoms with Crippen molar-refractivity contribution in [2.24, 2.45) is 0 Å². The van der Waals surface area contributed by atoms with Crippen molar-refractivity contribution >= 4 is 17.7 Å². The normalized spacial score (nSPS) is 11.9. The van der Waals surface area contributed by atoms with E-state index in [1.165, 1.54) is 180 Å². The number of rotatable bonds is 35. The molecule has 3 heteroatoms. The third-order valence-corrected chi connectivity index (χ3v) is 10.8. The topological polar surface area (TPSA) is 37.3 Å². The Labute approximate surface area is 263 Å². The van der Waals surface area contributed by atoms with Gasteiger partial charge >= 0.3 is 5.97 Å². The fourth-order valence-electron chi connectivity index (χ4n) is 6.20. The van der Waals surface area contributed by atoms with Crippen molar-refractivity contribution in [1.29, 1.82) is 0 Å². The van der Waals surface area contributed by atoms with E-state index in [1.807, 2.05) is 11.8 Å². The first kappa shape index (κ1) is 40.8. The average molecular weight is 597 g/mol. The number of thioether (sulfide) groups is 1. The molecule has 0 atom stereocenters. The molecule has 0 amide bonds. The lowest BCUT2D eigenvalue weighted by molar-refractivity contribution is -0.140. The molecule has 0 aliphatic rings. The minimum atomic E-state index is -0.542. The third kappa shape index (κ3) is 27.1. The van der Waals surface area contributed by atoms with Gasteiger partial charge in [0.25, 0.3) is 0 Å². The zero-order valence-electron chi connectivity index (χ0n) is 28.6. The number of aliphatic carboxylic acids is 1. The van der Waals surface area contributed by atoms with Gasteiger partial charge in [-0.2, -0.15) is 0 Å². The molecule has 0 spiro atoms. The van der Waals surface area contributed by atoms with Crippen LogP contribution in [0, 0.1) is 0 Å². The van der Waals surface area contributed by atoms with Crippen LogP contribution in [0.25, 0.3) is 0 Å². The van der Waals surface area contributed by atoms with Crippen LogP contribution >= 0.6 is 11.8 Å². The molecule has 0 aromatic heterocycles. The summed E-state index contributed by atoms with van der Waals surface area (Å²) in [5, 5.41) is 10.5. The summed E-state index contributed by atoms with van der Waals surface area (Å²) in [4.78, 5) is 12.7. The van der Waals surface area contributed by atoms with E-state index >= 15 is 0 Å². The number of carboxylic acids is 1. The molecule has 0 bridgehead atoms. The van der Waals surface area contributed by atoms with Crippen molar-refractivity contribution in [2.45, 2.75) is 231 Å². The van der Waals surface area contributed by atoms with Gasteiger partial charge in [0.2, 0.25) is 0 Å². The van der Waals surface area contributed by atoms with Crippen molar-refractivity contribution in [1.82, 2.24) is 0 Å². The predicted molar refractivity (Wildman–Crippen MR) is 188 cm³/mol. The van der Waals surface area contributed by atoms with Gasteiger partial charge in [0.15, 0.2) is 0 Å². The maximum Gasteiger partial charge on any atom is 0.319 e. The first-order chi connectivity index (χ1) is 20.1. The first-order valence-electron chi connectivity index (χ1n) is 19.0. The maximum absolute atomic E-state index is 12.7. The molecular weight excluding hydrogens is 520 g/mol. The highest BCUT2D eigenvalue weighted by Crippen LogP contribution is 2.38. The van der Waals surface area contributed by atoms with Crippen LogP contribution in [0.4, 0.5) is 0 Å². The molecule has 0 fully saturated rings. The van der Waals surface area contributed by atoms with Gasteiger partial charge in [0.1, 0.15) is 4.75 Å². The molecule has 246 valence electrons. The Hall–Kier alpha value is -0.180. The van der Waals surface area contributed by atoms with E-state index in [0.29, 0.717) is 0 Å². The second-order valence-electron chi connectivity index (χ2n) is 13.2. The maximum atomic E-state index is 12.7. The van der Waals surface area contributed by atoms with E-state index in [4.69, 9.17) is 0 Å². The molecule has 0 aliphatic heterocycles. The minimum Gasteiger partial charge on any atom is -0.480 e. The van der Waals surface area contributed by atoms with Crippen molar-refractivity contribution in [3.05, 3.63) is 0 Å². The van der Waals surface area contributed by atoms with Crippen molar-refractivity contribution in [3.8, 4) is 0 Å². The molecular formula is C38H76O2S. The highest BCUT2D eigenvalue weighted by atomic mass is 32.2. The van der Waals surface area contributed by atoms with Gasteiger partial charge in [0.05, 0.1) is 0 Å². The number of unbranched alkanes of at least 4 members (excludes halogenated alkanes) is 27. The second-order valence-corrected chi connectivity index (χ2v) is 14.7. The molecule has 0 unspecified atom stereocenters. The van der Waals surface area contributed by atoms with Gasteiger partial charge in [-0.3, -0.25) is 4.79 Å². The highest BCUT2D eigenvalue weighted by molar-refractivity contribution is 8.01. The predicted octanol–water partition coefficient (Wildman–Crippen LogP) is 14.1. The molecule has 0 saturated carbocycles.